The van der Waals surface area contributed by atoms with Gasteiger partial charge in [0.1, 0.15) is 0 Å². The second kappa shape index (κ2) is 4.07. The van der Waals surface area contributed by atoms with E-state index in [1.165, 1.54) is 13.2 Å². The van der Waals surface area contributed by atoms with E-state index in [9.17, 15) is 9.59 Å². The number of nitrogens with two attached hydrogens (primary N) is 1. The zero-order valence-corrected chi connectivity index (χ0v) is 9.30. The molecule has 2 aromatic rings. The minimum atomic E-state index is -0.425. The van der Waals surface area contributed by atoms with Gasteiger partial charge in [-0.3, -0.25) is 4.79 Å². The lowest BCUT2D eigenvalue weighted by Gasteiger charge is -2.03. The van der Waals surface area contributed by atoms with Crippen LogP contribution in [0.1, 0.15) is 10.4 Å². The van der Waals surface area contributed by atoms with Gasteiger partial charge in [-0.05, 0) is 12.1 Å². The first-order valence-electron chi connectivity index (χ1n) is 4.50. The first-order valence-corrected chi connectivity index (χ1v) is 5.32. The quantitative estimate of drug-likeness (QED) is 0.808. The van der Waals surface area contributed by atoms with Gasteiger partial charge in [0.15, 0.2) is 17.1 Å². The van der Waals surface area contributed by atoms with Crippen LogP contribution in [0.2, 0.25) is 0 Å². The van der Waals surface area contributed by atoms with Crippen LogP contribution in [0.25, 0.3) is 10.3 Å². The highest BCUT2D eigenvalue weighted by Gasteiger charge is 2.13. The Morgan fingerprint density at radius 2 is 2.31 bits per heavy atom. The number of carbonyl (C=O) groups excluding carboxylic acids is 1. The van der Waals surface area contributed by atoms with Gasteiger partial charge in [0, 0.05) is 5.56 Å². The van der Waals surface area contributed by atoms with Crippen LogP contribution in [-0.2, 0) is 0 Å². The maximum absolute atomic E-state index is 11.4. The number of ether oxygens (including phenoxy) is 1. The van der Waals surface area contributed by atoms with Gasteiger partial charge >= 0.3 is 4.94 Å². The molecule has 0 aliphatic carbocycles. The van der Waals surface area contributed by atoms with E-state index in [-0.39, 0.29) is 12.3 Å². The fourth-order valence-corrected chi connectivity index (χ4v) is 2.10. The summed E-state index contributed by atoms with van der Waals surface area (Å²) in [6, 6.07) is 3.11. The Morgan fingerprint density at radius 3 is 2.94 bits per heavy atom. The zero-order chi connectivity index (χ0) is 11.7. The summed E-state index contributed by atoms with van der Waals surface area (Å²) in [7, 11) is 1.45. The van der Waals surface area contributed by atoms with Crippen molar-refractivity contribution < 1.29 is 13.9 Å². The summed E-state index contributed by atoms with van der Waals surface area (Å²) in [6.07, 6.45) is 0. The molecule has 0 radical (unpaired) electrons. The molecule has 2 N–H and O–H groups in total. The molecule has 16 heavy (non-hydrogen) atoms. The number of rotatable bonds is 3. The summed E-state index contributed by atoms with van der Waals surface area (Å²) >= 11 is 0.928. The van der Waals surface area contributed by atoms with E-state index < -0.39 is 4.94 Å². The van der Waals surface area contributed by atoms with Crippen molar-refractivity contribution in [2.45, 2.75) is 0 Å². The van der Waals surface area contributed by atoms with Crippen molar-refractivity contribution in [2.24, 2.45) is 5.73 Å². The molecule has 0 bridgehead atoms. The number of ketones is 1. The Labute approximate surface area is 94.4 Å². The van der Waals surface area contributed by atoms with Crippen LogP contribution in [0.4, 0.5) is 0 Å². The van der Waals surface area contributed by atoms with E-state index in [2.05, 4.69) is 0 Å². The normalized spacial score (nSPS) is 10.6. The number of benzene rings is 1. The summed E-state index contributed by atoms with van der Waals surface area (Å²) in [5, 5.41) is 0. The lowest BCUT2D eigenvalue weighted by molar-refractivity contribution is 0.100. The molecule has 0 unspecified atom stereocenters. The first kappa shape index (κ1) is 10.8. The molecule has 0 aliphatic heterocycles. The molecule has 84 valence electrons. The lowest BCUT2D eigenvalue weighted by Crippen LogP contribution is -2.13. The second-order valence-electron chi connectivity index (χ2n) is 3.09. The highest BCUT2D eigenvalue weighted by molar-refractivity contribution is 7.16. The molecule has 1 aromatic carbocycles. The predicted octanol–water partition coefficient (Wildman–Crippen LogP) is 1.00. The molecule has 1 heterocycles. The van der Waals surface area contributed by atoms with E-state index in [1.807, 2.05) is 0 Å². The molecule has 0 fully saturated rings. The molecule has 0 aliphatic rings. The fourth-order valence-electron chi connectivity index (χ4n) is 1.38. The monoisotopic (exact) mass is 239 g/mol. The average molecular weight is 239 g/mol. The van der Waals surface area contributed by atoms with Gasteiger partial charge in [-0.15, -0.1) is 0 Å². The Kier molecular flexibility index (Phi) is 2.76. The first-order chi connectivity index (χ1) is 7.65. The maximum Gasteiger partial charge on any atom is 0.396 e. The SMILES string of the molecule is COc1cc(C(=O)CN)cc2sc(=O)oc12. The van der Waals surface area contributed by atoms with Crippen molar-refractivity contribution >= 4 is 27.4 Å². The zero-order valence-electron chi connectivity index (χ0n) is 8.48. The van der Waals surface area contributed by atoms with Gasteiger partial charge in [0.05, 0.1) is 18.4 Å². The van der Waals surface area contributed by atoms with E-state index in [1.54, 1.807) is 6.07 Å². The number of hydrogen-bond donors (Lipinski definition) is 1. The van der Waals surface area contributed by atoms with E-state index >= 15 is 0 Å². The lowest BCUT2D eigenvalue weighted by atomic mass is 10.1. The summed E-state index contributed by atoms with van der Waals surface area (Å²) in [5.41, 5.74) is 6.06. The summed E-state index contributed by atoms with van der Waals surface area (Å²) < 4.78 is 10.6. The van der Waals surface area contributed by atoms with Crippen molar-refractivity contribution in [1.29, 1.82) is 0 Å². The smallest absolute Gasteiger partial charge is 0.396 e. The third kappa shape index (κ3) is 1.72. The molecular weight excluding hydrogens is 230 g/mol. The molecule has 6 heteroatoms. The molecule has 5 nitrogen and oxygen atoms in total. The van der Waals surface area contributed by atoms with Crippen LogP contribution in [0, 0.1) is 0 Å². The Morgan fingerprint density at radius 1 is 1.56 bits per heavy atom. The van der Waals surface area contributed by atoms with E-state index in [0.717, 1.165) is 11.3 Å². The van der Waals surface area contributed by atoms with Crippen LogP contribution in [0.3, 0.4) is 0 Å². The fraction of sp³-hybridized carbons (Fsp3) is 0.200. The Hall–Kier alpha value is -1.66. The van der Waals surface area contributed by atoms with Gasteiger partial charge in [-0.25, -0.2) is 4.79 Å². The molecule has 0 spiro atoms. The maximum atomic E-state index is 11.4. The average Bonchev–Trinajstić information content (AvgIpc) is 2.66. The van der Waals surface area contributed by atoms with Gasteiger partial charge in [0.25, 0.3) is 0 Å². The van der Waals surface area contributed by atoms with Crippen molar-refractivity contribution in [3.63, 3.8) is 0 Å². The minimum Gasteiger partial charge on any atom is -0.493 e. The largest absolute Gasteiger partial charge is 0.493 e. The van der Waals surface area contributed by atoms with Crippen molar-refractivity contribution in [3.8, 4) is 5.75 Å². The number of carbonyl (C=O) groups is 1. The molecule has 0 amide bonds. The predicted molar refractivity (Wildman–Crippen MR) is 60.3 cm³/mol. The molecular formula is C10H9NO4S. The highest BCUT2D eigenvalue weighted by Crippen LogP contribution is 2.29. The molecule has 2 rings (SSSR count). The number of hydrogen-bond acceptors (Lipinski definition) is 6. The van der Waals surface area contributed by atoms with Gasteiger partial charge in [-0.1, -0.05) is 11.3 Å². The van der Waals surface area contributed by atoms with E-state index in [4.69, 9.17) is 14.9 Å². The Balaban J connectivity index is 2.72. The van der Waals surface area contributed by atoms with Gasteiger partial charge < -0.3 is 14.9 Å². The third-order valence-electron chi connectivity index (χ3n) is 2.13. The van der Waals surface area contributed by atoms with E-state index in [0.29, 0.717) is 21.6 Å². The molecule has 1 aromatic heterocycles. The molecule has 0 atom stereocenters. The van der Waals surface area contributed by atoms with Crippen LogP contribution in [-0.4, -0.2) is 19.4 Å². The second-order valence-corrected chi connectivity index (χ2v) is 4.06. The number of Topliss-reactive ketones (excluding diaryl/α,β-unsaturated/α-hetero) is 1. The topological polar surface area (TPSA) is 82.5 Å². The number of fused-ring (bicyclic) bond motifs is 1. The van der Waals surface area contributed by atoms with Crippen molar-refractivity contribution in [3.05, 3.63) is 27.4 Å². The van der Waals surface area contributed by atoms with Crippen LogP contribution in [0.15, 0.2) is 21.3 Å². The van der Waals surface area contributed by atoms with Crippen molar-refractivity contribution in [1.82, 2.24) is 0 Å². The minimum absolute atomic E-state index is 0.0819. The summed E-state index contributed by atoms with van der Waals surface area (Å²) in [4.78, 5) is 22.1. The van der Waals surface area contributed by atoms with Crippen LogP contribution in [0.5, 0.6) is 5.75 Å². The molecule has 0 saturated heterocycles. The van der Waals surface area contributed by atoms with Crippen molar-refractivity contribution in [2.75, 3.05) is 13.7 Å². The summed E-state index contributed by atoms with van der Waals surface area (Å²) in [5.74, 6) is 0.161. The third-order valence-corrected chi connectivity index (χ3v) is 2.90. The van der Waals surface area contributed by atoms with Gasteiger partial charge in [-0.2, -0.15) is 0 Å². The Bertz CT molecular complexity index is 598. The standard InChI is InChI=1S/C10H9NO4S/c1-14-7-2-5(6(12)4-11)3-8-9(7)15-10(13)16-8/h2-3H,4,11H2,1H3. The van der Waals surface area contributed by atoms with Crippen LogP contribution < -0.4 is 15.4 Å². The molecule has 0 saturated carbocycles. The van der Waals surface area contributed by atoms with Gasteiger partial charge in [0.2, 0.25) is 0 Å². The summed E-state index contributed by atoms with van der Waals surface area (Å²) in [6.45, 7) is -0.0819. The highest BCUT2D eigenvalue weighted by atomic mass is 32.1. The van der Waals surface area contributed by atoms with Crippen LogP contribution >= 0.6 is 11.3 Å². The number of methoxy groups -OCH3 is 1.